The number of aliphatic hydroxyl groups excluding tert-OH is 1. The van der Waals surface area contributed by atoms with Gasteiger partial charge in [-0.05, 0) is 43.9 Å². The predicted octanol–water partition coefficient (Wildman–Crippen LogP) is 2.27. The monoisotopic (exact) mass is 256 g/mol. The fraction of sp³-hybridized carbons (Fsp3) is 0.929. The summed E-state index contributed by atoms with van der Waals surface area (Å²) >= 11 is 0. The van der Waals surface area contributed by atoms with E-state index in [0.717, 1.165) is 19.3 Å². The van der Waals surface area contributed by atoms with Gasteiger partial charge < -0.3 is 15.7 Å². The van der Waals surface area contributed by atoms with Crippen molar-refractivity contribution >= 4 is 6.03 Å². The van der Waals surface area contributed by atoms with Gasteiger partial charge in [0.15, 0.2) is 0 Å². The summed E-state index contributed by atoms with van der Waals surface area (Å²) in [5.74, 6) is 0.524. The van der Waals surface area contributed by atoms with Gasteiger partial charge >= 0.3 is 6.03 Å². The molecule has 0 radical (unpaired) electrons. The van der Waals surface area contributed by atoms with Crippen molar-refractivity contribution in [2.75, 3.05) is 6.54 Å². The Kier molecular flexibility index (Phi) is 5.45. The molecule has 1 fully saturated rings. The van der Waals surface area contributed by atoms with Crippen molar-refractivity contribution in [2.45, 2.75) is 65.5 Å². The van der Waals surface area contributed by atoms with E-state index < -0.39 is 0 Å². The molecule has 1 aliphatic carbocycles. The highest BCUT2D eigenvalue weighted by Gasteiger charge is 2.32. The molecule has 1 aliphatic rings. The van der Waals surface area contributed by atoms with Crippen LogP contribution in [-0.2, 0) is 0 Å². The van der Waals surface area contributed by atoms with Crippen LogP contribution in [-0.4, -0.2) is 29.8 Å². The lowest BCUT2D eigenvalue weighted by atomic mass is 9.70. The molecule has 0 saturated heterocycles. The molecule has 0 aromatic rings. The van der Waals surface area contributed by atoms with Gasteiger partial charge in [0.05, 0.1) is 6.10 Å². The van der Waals surface area contributed by atoms with Crippen LogP contribution in [0.5, 0.6) is 0 Å². The highest BCUT2D eigenvalue weighted by Crippen LogP contribution is 2.38. The fourth-order valence-electron chi connectivity index (χ4n) is 2.78. The van der Waals surface area contributed by atoms with Crippen LogP contribution in [0.25, 0.3) is 0 Å². The van der Waals surface area contributed by atoms with Crippen molar-refractivity contribution < 1.29 is 9.90 Å². The molecule has 1 rings (SSSR count). The van der Waals surface area contributed by atoms with Crippen molar-refractivity contribution in [2.24, 2.45) is 11.3 Å². The molecule has 106 valence electrons. The van der Waals surface area contributed by atoms with Gasteiger partial charge in [0.1, 0.15) is 0 Å². The molecule has 0 aromatic heterocycles. The Bertz CT molecular complexity index is 277. The first-order valence-electron chi connectivity index (χ1n) is 7.02. The Morgan fingerprint density at radius 3 is 2.72 bits per heavy atom. The summed E-state index contributed by atoms with van der Waals surface area (Å²) in [5.41, 5.74) is 0.403. The smallest absolute Gasteiger partial charge is 0.315 e. The maximum absolute atomic E-state index is 11.7. The average Bonchev–Trinajstić information content (AvgIpc) is 2.21. The molecule has 4 heteroatoms. The van der Waals surface area contributed by atoms with E-state index in [9.17, 15) is 4.79 Å². The fourth-order valence-corrected chi connectivity index (χ4v) is 2.78. The lowest BCUT2D eigenvalue weighted by molar-refractivity contribution is 0.148. The molecular formula is C14H28N2O2. The number of rotatable bonds is 4. The molecular weight excluding hydrogens is 228 g/mol. The molecule has 2 amide bonds. The van der Waals surface area contributed by atoms with Crippen LogP contribution in [0.1, 0.15) is 53.4 Å². The topological polar surface area (TPSA) is 61.4 Å². The summed E-state index contributed by atoms with van der Waals surface area (Å²) in [7, 11) is 0. The largest absolute Gasteiger partial charge is 0.393 e. The van der Waals surface area contributed by atoms with Crippen molar-refractivity contribution in [3.8, 4) is 0 Å². The van der Waals surface area contributed by atoms with Gasteiger partial charge in [0.25, 0.3) is 0 Å². The second-order valence-corrected chi connectivity index (χ2v) is 6.53. The van der Waals surface area contributed by atoms with E-state index in [1.165, 1.54) is 0 Å². The van der Waals surface area contributed by atoms with Crippen molar-refractivity contribution in [3.63, 3.8) is 0 Å². The zero-order valence-corrected chi connectivity index (χ0v) is 12.1. The molecule has 3 N–H and O–H groups in total. The Balaban J connectivity index is 2.28. The van der Waals surface area contributed by atoms with Crippen LogP contribution in [0.2, 0.25) is 0 Å². The summed E-state index contributed by atoms with van der Waals surface area (Å²) < 4.78 is 0. The molecule has 1 saturated carbocycles. The number of aliphatic hydroxyl groups is 1. The average molecular weight is 256 g/mol. The van der Waals surface area contributed by atoms with Crippen molar-refractivity contribution in [3.05, 3.63) is 0 Å². The van der Waals surface area contributed by atoms with Crippen LogP contribution >= 0.6 is 0 Å². The molecule has 3 atom stereocenters. The first-order chi connectivity index (χ1) is 8.30. The molecule has 0 heterocycles. The maximum atomic E-state index is 11.7. The molecule has 0 spiro atoms. The third kappa shape index (κ3) is 5.25. The lowest BCUT2D eigenvalue weighted by Gasteiger charge is -2.39. The standard InChI is InChI=1S/C14H28N2O2/c1-10-9-14(3,4)7-5-12(10)16-13(18)15-8-6-11(2)17/h10-12,17H,5-9H2,1-4H3,(H2,15,16,18). The first-order valence-corrected chi connectivity index (χ1v) is 7.02. The highest BCUT2D eigenvalue weighted by atomic mass is 16.3. The molecule has 18 heavy (non-hydrogen) atoms. The summed E-state index contributed by atoms with van der Waals surface area (Å²) in [6.45, 7) is 9.05. The van der Waals surface area contributed by atoms with Crippen LogP contribution in [0.3, 0.4) is 0 Å². The van der Waals surface area contributed by atoms with E-state index >= 15 is 0 Å². The Hall–Kier alpha value is -0.770. The zero-order valence-electron chi connectivity index (χ0n) is 12.1. The second-order valence-electron chi connectivity index (χ2n) is 6.53. The first kappa shape index (κ1) is 15.3. The van der Waals surface area contributed by atoms with E-state index in [1.54, 1.807) is 6.92 Å². The van der Waals surface area contributed by atoms with Gasteiger partial charge in [-0.2, -0.15) is 0 Å². The number of carbonyl (C=O) groups excluding carboxylic acids is 1. The summed E-state index contributed by atoms with van der Waals surface area (Å²) in [6.07, 6.45) is 3.61. The Labute approximate surface area is 111 Å². The Morgan fingerprint density at radius 2 is 2.17 bits per heavy atom. The maximum Gasteiger partial charge on any atom is 0.315 e. The van der Waals surface area contributed by atoms with E-state index in [4.69, 9.17) is 5.11 Å². The summed E-state index contributed by atoms with van der Waals surface area (Å²) in [4.78, 5) is 11.7. The number of nitrogens with one attached hydrogen (secondary N) is 2. The number of hydrogen-bond acceptors (Lipinski definition) is 2. The lowest BCUT2D eigenvalue weighted by Crippen LogP contribution is -2.48. The molecule has 0 bridgehead atoms. The minimum Gasteiger partial charge on any atom is -0.393 e. The third-order valence-corrected chi connectivity index (χ3v) is 3.86. The van der Waals surface area contributed by atoms with Crippen LogP contribution < -0.4 is 10.6 Å². The van der Waals surface area contributed by atoms with Crippen LogP contribution in [0, 0.1) is 11.3 Å². The van der Waals surface area contributed by atoms with Gasteiger partial charge in [-0.1, -0.05) is 20.8 Å². The van der Waals surface area contributed by atoms with E-state index in [2.05, 4.69) is 31.4 Å². The van der Waals surface area contributed by atoms with Crippen LogP contribution in [0.4, 0.5) is 4.79 Å². The predicted molar refractivity (Wildman–Crippen MR) is 73.4 cm³/mol. The number of urea groups is 1. The van der Waals surface area contributed by atoms with Gasteiger partial charge in [-0.15, -0.1) is 0 Å². The minimum atomic E-state index is -0.361. The molecule has 0 aromatic carbocycles. The van der Waals surface area contributed by atoms with Gasteiger partial charge in [0.2, 0.25) is 0 Å². The second kappa shape index (κ2) is 6.41. The molecule has 3 unspecified atom stereocenters. The van der Waals surface area contributed by atoms with E-state index in [0.29, 0.717) is 24.3 Å². The number of carbonyl (C=O) groups is 1. The van der Waals surface area contributed by atoms with Gasteiger partial charge in [-0.3, -0.25) is 0 Å². The van der Waals surface area contributed by atoms with Gasteiger partial charge in [0, 0.05) is 12.6 Å². The number of hydrogen-bond donors (Lipinski definition) is 3. The van der Waals surface area contributed by atoms with Crippen molar-refractivity contribution in [1.82, 2.24) is 10.6 Å². The van der Waals surface area contributed by atoms with E-state index in [-0.39, 0.29) is 18.2 Å². The number of amides is 2. The Morgan fingerprint density at radius 1 is 1.50 bits per heavy atom. The van der Waals surface area contributed by atoms with E-state index in [1.807, 2.05) is 0 Å². The normalized spacial score (nSPS) is 28.5. The summed E-state index contributed by atoms with van der Waals surface area (Å²) in [5, 5.41) is 15.0. The van der Waals surface area contributed by atoms with Gasteiger partial charge in [-0.25, -0.2) is 4.79 Å². The van der Waals surface area contributed by atoms with Crippen molar-refractivity contribution in [1.29, 1.82) is 0 Å². The van der Waals surface area contributed by atoms with Crippen LogP contribution in [0.15, 0.2) is 0 Å². The molecule has 0 aliphatic heterocycles. The summed E-state index contributed by atoms with van der Waals surface area (Å²) in [6, 6.07) is 0.178. The minimum absolute atomic E-state index is 0.104. The quantitative estimate of drug-likeness (QED) is 0.722. The zero-order chi connectivity index (χ0) is 13.8. The third-order valence-electron chi connectivity index (χ3n) is 3.86. The molecule has 4 nitrogen and oxygen atoms in total. The SMILES string of the molecule is CC(O)CCNC(=O)NC1CCC(C)(C)CC1C. The highest BCUT2D eigenvalue weighted by molar-refractivity contribution is 5.74.